The lowest BCUT2D eigenvalue weighted by Gasteiger charge is -2.06. The van der Waals surface area contributed by atoms with Crippen molar-refractivity contribution in [1.29, 1.82) is 0 Å². The van der Waals surface area contributed by atoms with E-state index >= 15 is 0 Å². The number of carbonyl (C=O) groups excluding carboxylic acids is 1. The summed E-state index contributed by atoms with van der Waals surface area (Å²) < 4.78 is 41.2. The van der Waals surface area contributed by atoms with Gasteiger partial charge in [0.1, 0.15) is 5.69 Å². The van der Waals surface area contributed by atoms with Gasteiger partial charge in [0, 0.05) is 6.20 Å². The van der Waals surface area contributed by atoms with E-state index in [4.69, 9.17) is 0 Å². The lowest BCUT2D eigenvalue weighted by Crippen LogP contribution is -2.13. The molecule has 0 bridgehead atoms. The number of halogens is 3. The first-order valence-corrected chi connectivity index (χ1v) is 3.88. The molecule has 0 saturated carbocycles. The van der Waals surface area contributed by atoms with Crippen LogP contribution in [0.2, 0.25) is 0 Å². The molecule has 1 rings (SSSR count). The second kappa shape index (κ2) is 3.73. The van der Waals surface area contributed by atoms with Gasteiger partial charge in [-0.15, -0.1) is 0 Å². The van der Waals surface area contributed by atoms with Crippen molar-refractivity contribution in [3.63, 3.8) is 0 Å². The lowest BCUT2D eigenvalue weighted by atomic mass is 10.2. The quantitative estimate of drug-likeness (QED) is 0.755. The van der Waals surface area contributed by atoms with Crippen LogP contribution in [0.5, 0.6) is 0 Å². The molecule has 0 aliphatic heterocycles. The summed E-state index contributed by atoms with van der Waals surface area (Å²) in [5.41, 5.74) is -1.56. The molecule has 14 heavy (non-hydrogen) atoms. The average molecular weight is 207 g/mol. The Bertz CT molecular complexity index is 330. The first-order chi connectivity index (χ1) is 6.46. The lowest BCUT2D eigenvalue weighted by molar-refractivity contribution is -0.138. The van der Waals surface area contributed by atoms with Crippen molar-refractivity contribution in [1.82, 2.24) is 4.98 Å². The molecule has 1 heterocycles. The number of hydrogen-bond donors (Lipinski definition) is 1. The van der Waals surface area contributed by atoms with Gasteiger partial charge in [-0.25, -0.2) is 4.79 Å². The van der Waals surface area contributed by atoms with Crippen molar-refractivity contribution in [2.45, 2.75) is 13.1 Å². The number of nitrogens with one attached hydrogen (secondary N) is 1. The monoisotopic (exact) mass is 207 g/mol. The van der Waals surface area contributed by atoms with Crippen molar-refractivity contribution in [3.8, 4) is 0 Å². The zero-order valence-electron chi connectivity index (χ0n) is 7.31. The Hall–Kier alpha value is -1.46. The summed E-state index contributed by atoms with van der Waals surface area (Å²) in [6.07, 6.45) is -3.49. The van der Waals surface area contributed by atoms with Crippen LogP contribution >= 0.6 is 0 Å². The summed E-state index contributed by atoms with van der Waals surface area (Å²) in [6, 6.07) is 0.798. The van der Waals surface area contributed by atoms with Gasteiger partial charge in [-0.3, -0.25) is 0 Å². The van der Waals surface area contributed by atoms with Gasteiger partial charge < -0.3 is 9.72 Å². The Morgan fingerprint density at radius 3 is 2.71 bits per heavy atom. The summed E-state index contributed by atoms with van der Waals surface area (Å²) in [5, 5.41) is 0. The molecule has 6 heteroatoms. The van der Waals surface area contributed by atoms with E-state index in [0.29, 0.717) is 0 Å². The number of carbonyl (C=O) groups is 1. The molecule has 0 aliphatic rings. The van der Waals surface area contributed by atoms with Crippen LogP contribution in [0.15, 0.2) is 12.3 Å². The maximum absolute atomic E-state index is 12.3. The first kappa shape index (κ1) is 10.6. The van der Waals surface area contributed by atoms with Gasteiger partial charge in [0.25, 0.3) is 0 Å². The van der Waals surface area contributed by atoms with Crippen molar-refractivity contribution in [2.24, 2.45) is 0 Å². The van der Waals surface area contributed by atoms with Crippen LogP contribution in [-0.4, -0.2) is 17.6 Å². The minimum Gasteiger partial charge on any atom is -0.461 e. The van der Waals surface area contributed by atoms with Gasteiger partial charge in [-0.2, -0.15) is 13.2 Å². The van der Waals surface area contributed by atoms with Crippen LogP contribution in [0.25, 0.3) is 0 Å². The van der Waals surface area contributed by atoms with Gasteiger partial charge in [0.2, 0.25) is 0 Å². The predicted octanol–water partition coefficient (Wildman–Crippen LogP) is 2.21. The SMILES string of the molecule is CCOC(=O)c1[nH]ccc1C(F)(F)F. The van der Waals surface area contributed by atoms with Gasteiger partial charge in [0.05, 0.1) is 12.2 Å². The molecule has 78 valence electrons. The number of ether oxygens (including phenoxy) is 1. The summed E-state index contributed by atoms with van der Waals surface area (Å²) in [4.78, 5) is 13.2. The molecule has 0 atom stereocenters. The van der Waals surface area contributed by atoms with Crippen molar-refractivity contribution < 1.29 is 22.7 Å². The minimum atomic E-state index is -4.54. The molecule has 1 aromatic rings. The van der Waals surface area contributed by atoms with Crippen LogP contribution in [0, 0.1) is 0 Å². The smallest absolute Gasteiger partial charge is 0.418 e. The normalized spacial score (nSPS) is 11.4. The van der Waals surface area contributed by atoms with Gasteiger partial charge in [0.15, 0.2) is 0 Å². The number of aromatic nitrogens is 1. The van der Waals surface area contributed by atoms with E-state index in [0.717, 1.165) is 12.3 Å². The molecule has 0 radical (unpaired) electrons. The third-order valence-electron chi connectivity index (χ3n) is 1.53. The molecule has 0 fully saturated rings. The molecule has 0 unspecified atom stereocenters. The number of esters is 1. The van der Waals surface area contributed by atoms with Gasteiger partial charge in [-0.1, -0.05) is 0 Å². The number of H-pyrrole nitrogens is 1. The van der Waals surface area contributed by atoms with Crippen LogP contribution in [0.3, 0.4) is 0 Å². The Kier molecular flexibility index (Phi) is 2.83. The second-order valence-electron chi connectivity index (χ2n) is 2.48. The Labute approximate surface area is 77.9 Å². The molecule has 1 aromatic heterocycles. The average Bonchev–Trinajstić information content (AvgIpc) is 2.50. The van der Waals surface area contributed by atoms with Crippen LogP contribution in [0.4, 0.5) is 13.2 Å². The Balaban J connectivity index is 2.99. The summed E-state index contributed by atoms with van der Waals surface area (Å²) >= 11 is 0. The third-order valence-corrected chi connectivity index (χ3v) is 1.53. The highest BCUT2D eigenvalue weighted by atomic mass is 19.4. The highest BCUT2D eigenvalue weighted by Gasteiger charge is 2.36. The molecule has 0 spiro atoms. The molecular formula is C8H8F3NO2. The highest BCUT2D eigenvalue weighted by molar-refractivity contribution is 5.89. The van der Waals surface area contributed by atoms with Crippen molar-refractivity contribution in [2.75, 3.05) is 6.61 Å². The number of hydrogen-bond acceptors (Lipinski definition) is 2. The second-order valence-corrected chi connectivity index (χ2v) is 2.48. The number of rotatable bonds is 2. The molecular weight excluding hydrogens is 199 g/mol. The summed E-state index contributed by atoms with van der Waals surface area (Å²) in [5.74, 6) is -0.996. The first-order valence-electron chi connectivity index (χ1n) is 3.88. The Morgan fingerprint density at radius 2 is 2.21 bits per heavy atom. The molecule has 0 aliphatic carbocycles. The van der Waals surface area contributed by atoms with E-state index < -0.39 is 23.4 Å². The number of alkyl halides is 3. The summed E-state index contributed by atoms with van der Waals surface area (Å²) in [7, 11) is 0. The topological polar surface area (TPSA) is 42.1 Å². The van der Waals surface area contributed by atoms with Gasteiger partial charge >= 0.3 is 12.1 Å². The summed E-state index contributed by atoms with van der Waals surface area (Å²) in [6.45, 7) is 1.56. The molecule has 0 saturated heterocycles. The molecule has 0 aromatic carbocycles. The number of aromatic amines is 1. The fraction of sp³-hybridized carbons (Fsp3) is 0.375. The van der Waals surface area contributed by atoms with Crippen molar-refractivity contribution >= 4 is 5.97 Å². The Morgan fingerprint density at radius 1 is 1.57 bits per heavy atom. The predicted molar refractivity (Wildman–Crippen MR) is 41.8 cm³/mol. The van der Waals surface area contributed by atoms with E-state index in [1.807, 2.05) is 0 Å². The minimum absolute atomic E-state index is 0.0369. The van der Waals surface area contributed by atoms with E-state index in [1.54, 1.807) is 0 Å². The van der Waals surface area contributed by atoms with E-state index in [2.05, 4.69) is 9.72 Å². The molecule has 3 nitrogen and oxygen atoms in total. The molecule has 0 amide bonds. The van der Waals surface area contributed by atoms with Gasteiger partial charge in [-0.05, 0) is 13.0 Å². The zero-order chi connectivity index (χ0) is 10.8. The van der Waals surface area contributed by atoms with Crippen LogP contribution in [0.1, 0.15) is 23.0 Å². The maximum Gasteiger partial charge on any atom is 0.418 e. The van der Waals surface area contributed by atoms with E-state index in [1.165, 1.54) is 6.92 Å². The molecule has 1 N–H and O–H groups in total. The largest absolute Gasteiger partial charge is 0.461 e. The highest BCUT2D eigenvalue weighted by Crippen LogP contribution is 2.31. The fourth-order valence-corrected chi connectivity index (χ4v) is 0.978. The van der Waals surface area contributed by atoms with E-state index in [9.17, 15) is 18.0 Å². The van der Waals surface area contributed by atoms with Crippen molar-refractivity contribution in [3.05, 3.63) is 23.5 Å². The van der Waals surface area contributed by atoms with E-state index in [-0.39, 0.29) is 6.61 Å². The standard InChI is InChI=1S/C8H8F3NO2/c1-2-14-7(13)6-5(3-4-12-6)8(9,10)11/h3-4,12H,2H2,1H3. The third kappa shape index (κ3) is 2.07. The van der Waals surface area contributed by atoms with Crippen LogP contribution < -0.4 is 0 Å². The fourth-order valence-electron chi connectivity index (χ4n) is 0.978. The maximum atomic E-state index is 12.3. The zero-order valence-corrected chi connectivity index (χ0v) is 7.31. The van der Waals surface area contributed by atoms with Crippen LogP contribution in [-0.2, 0) is 10.9 Å².